The molecule has 1 fully saturated rings. The molecule has 0 spiro atoms. The number of hydrogen-bond donors (Lipinski definition) is 0. The van der Waals surface area contributed by atoms with Crippen molar-refractivity contribution in [3.8, 4) is 23.1 Å². The number of methoxy groups -OCH3 is 1. The zero-order valence-corrected chi connectivity index (χ0v) is 19.1. The Morgan fingerprint density at radius 2 is 1.79 bits per heavy atom. The number of nitrogens with zero attached hydrogens (tertiary/aromatic N) is 4. The molecule has 0 amide bonds. The number of aryl methyl sites for hydroxylation is 1. The molecule has 0 saturated carbocycles. The van der Waals surface area contributed by atoms with Crippen LogP contribution in [0, 0.1) is 6.92 Å². The molecular formula is C26H28N4O3. The summed E-state index contributed by atoms with van der Waals surface area (Å²) in [5, 5.41) is 1.82. The van der Waals surface area contributed by atoms with E-state index in [0.29, 0.717) is 29.7 Å². The van der Waals surface area contributed by atoms with E-state index in [-0.39, 0.29) is 0 Å². The molecule has 7 heteroatoms. The Morgan fingerprint density at radius 1 is 0.939 bits per heavy atom. The fraction of sp³-hybridized carbons (Fsp3) is 0.346. The lowest BCUT2D eigenvalue weighted by molar-refractivity contribution is 0.254. The second-order valence-corrected chi connectivity index (χ2v) is 8.36. The van der Waals surface area contributed by atoms with Gasteiger partial charge in [0, 0.05) is 29.8 Å². The third-order valence-corrected chi connectivity index (χ3v) is 5.98. The highest BCUT2D eigenvalue weighted by Crippen LogP contribution is 2.36. The van der Waals surface area contributed by atoms with E-state index in [0.717, 1.165) is 40.5 Å². The van der Waals surface area contributed by atoms with E-state index in [2.05, 4.69) is 25.9 Å². The van der Waals surface area contributed by atoms with Crippen LogP contribution in [-0.2, 0) is 0 Å². The smallest absolute Gasteiger partial charge is 0.230 e. The number of likely N-dealkylation sites (tertiary alicyclic amines) is 1. The first-order valence-electron chi connectivity index (χ1n) is 11.4. The van der Waals surface area contributed by atoms with Crippen LogP contribution in [0.25, 0.3) is 21.8 Å². The summed E-state index contributed by atoms with van der Waals surface area (Å²) in [5.74, 6) is 2.45. The molecule has 3 heterocycles. The molecule has 1 aliphatic rings. The lowest BCUT2D eigenvalue weighted by atomic mass is 10.2. The lowest BCUT2D eigenvalue weighted by Crippen LogP contribution is -2.21. The van der Waals surface area contributed by atoms with Crippen LogP contribution < -0.4 is 14.2 Å². The summed E-state index contributed by atoms with van der Waals surface area (Å²) in [4.78, 5) is 15.9. The maximum atomic E-state index is 6.14. The molecule has 7 nitrogen and oxygen atoms in total. The van der Waals surface area contributed by atoms with Gasteiger partial charge in [0.25, 0.3) is 0 Å². The van der Waals surface area contributed by atoms with E-state index in [1.54, 1.807) is 7.11 Å². The van der Waals surface area contributed by atoms with Gasteiger partial charge < -0.3 is 19.1 Å². The summed E-state index contributed by atoms with van der Waals surface area (Å²) in [6, 6.07) is 13.7. The molecule has 2 aromatic carbocycles. The zero-order chi connectivity index (χ0) is 22.6. The van der Waals surface area contributed by atoms with Crippen molar-refractivity contribution in [2.75, 3.05) is 33.4 Å². The van der Waals surface area contributed by atoms with Gasteiger partial charge in [0.1, 0.15) is 12.1 Å². The normalized spacial score (nSPS) is 14.1. The average Bonchev–Trinajstić information content (AvgIpc) is 3.35. The number of ether oxygens (including phenoxy) is 3. The van der Waals surface area contributed by atoms with Crippen molar-refractivity contribution in [1.82, 2.24) is 19.9 Å². The maximum absolute atomic E-state index is 6.14. The highest BCUT2D eigenvalue weighted by atomic mass is 16.5. The van der Waals surface area contributed by atoms with Gasteiger partial charge in [-0.2, -0.15) is 0 Å². The minimum Gasteiger partial charge on any atom is -0.493 e. The molecule has 1 saturated heterocycles. The molecule has 0 radical (unpaired) electrons. The fourth-order valence-corrected chi connectivity index (χ4v) is 4.24. The van der Waals surface area contributed by atoms with Gasteiger partial charge in [0.05, 0.1) is 30.1 Å². The number of rotatable bonds is 8. The van der Waals surface area contributed by atoms with Crippen LogP contribution in [0.15, 0.2) is 48.8 Å². The van der Waals surface area contributed by atoms with Gasteiger partial charge in [0.15, 0.2) is 11.5 Å². The fourth-order valence-electron chi connectivity index (χ4n) is 4.24. The second kappa shape index (κ2) is 9.58. The molecule has 0 N–H and O–H groups in total. The first kappa shape index (κ1) is 21.4. The molecule has 33 heavy (non-hydrogen) atoms. The van der Waals surface area contributed by atoms with Gasteiger partial charge in [-0.25, -0.2) is 9.97 Å². The molecule has 0 unspecified atom stereocenters. The van der Waals surface area contributed by atoms with E-state index >= 15 is 0 Å². The largest absolute Gasteiger partial charge is 0.493 e. The van der Waals surface area contributed by atoms with Crippen molar-refractivity contribution in [3.63, 3.8) is 0 Å². The van der Waals surface area contributed by atoms with Crippen LogP contribution in [0.1, 0.15) is 25.0 Å². The average molecular weight is 445 g/mol. The summed E-state index contributed by atoms with van der Waals surface area (Å²) in [6.07, 6.45) is 5.09. The molecule has 1 aliphatic heterocycles. The van der Waals surface area contributed by atoms with Crippen LogP contribution >= 0.6 is 0 Å². The summed E-state index contributed by atoms with van der Waals surface area (Å²) >= 11 is 0. The molecule has 0 atom stereocenters. The molecule has 4 aromatic rings. The Bertz CT molecular complexity index is 1270. The van der Waals surface area contributed by atoms with Crippen LogP contribution in [0.2, 0.25) is 0 Å². The molecule has 2 aromatic heterocycles. The summed E-state index contributed by atoms with van der Waals surface area (Å²) in [7, 11) is 1.64. The number of benzene rings is 2. The Morgan fingerprint density at radius 3 is 2.64 bits per heavy atom. The van der Waals surface area contributed by atoms with Crippen LogP contribution in [0.3, 0.4) is 0 Å². The quantitative estimate of drug-likeness (QED) is 0.348. The number of pyridine rings is 1. The van der Waals surface area contributed by atoms with E-state index in [1.807, 2.05) is 43.3 Å². The molecule has 5 rings (SSSR count). The number of fused-ring (bicyclic) bond motifs is 2. The van der Waals surface area contributed by atoms with Gasteiger partial charge in [-0.3, -0.25) is 4.98 Å². The zero-order valence-electron chi connectivity index (χ0n) is 19.1. The SMILES string of the molecule is COc1cc2c(Oc3ccc4ccc(C)nc4c3)ncnc2cc1OCCCN1CCCC1. The van der Waals surface area contributed by atoms with Gasteiger partial charge >= 0.3 is 0 Å². The Hall–Kier alpha value is -3.45. The van der Waals surface area contributed by atoms with Crippen molar-refractivity contribution >= 4 is 21.8 Å². The van der Waals surface area contributed by atoms with Crippen LogP contribution in [0.5, 0.6) is 23.1 Å². The lowest BCUT2D eigenvalue weighted by Gasteiger charge is -2.16. The van der Waals surface area contributed by atoms with Crippen molar-refractivity contribution in [2.45, 2.75) is 26.2 Å². The third kappa shape index (κ3) is 4.83. The first-order chi connectivity index (χ1) is 16.2. The standard InChI is InChI=1S/C26H28N4O3/c1-18-6-7-19-8-9-20(14-22(19)29-18)33-26-21-15-24(31-2)25(16-23(21)27-17-28-26)32-13-5-12-30-10-3-4-11-30/h6-9,14-17H,3-5,10-13H2,1-2H3. The van der Waals surface area contributed by atoms with Crippen molar-refractivity contribution in [2.24, 2.45) is 0 Å². The van der Waals surface area contributed by atoms with Crippen LogP contribution in [-0.4, -0.2) is 53.2 Å². The van der Waals surface area contributed by atoms with Gasteiger partial charge in [-0.05, 0) is 63.5 Å². The molecule has 0 aliphatic carbocycles. The minimum atomic E-state index is 0.464. The van der Waals surface area contributed by atoms with Gasteiger partial charge in [-0.15, -0.1) is 0 Å². The predicted octanol–water partition coefficient (Wildman–Crippen LogP) is 5.15. The Labute approximate surface area is 193 Å². The molecule has 0 bridgehead atoms. The van der Waals surface area contributed by atoms with E-state index in [9.17, 15) is 0 Å². The topological polar surface area (TPSA) is 69.6 Å². The highest BCUT2D eigenvalue weighted by Gasteiger charge is 2.14. The highest BCUT2D eigenvalue weighted by molar-refractivity contribution is 5.87. The monoisotopic (exact) mass is 444 g/mol. The van der Waals surface area contributed by atoms with Gasteiger partial charge in [-0.1, -0.05) is 6.07 Å². The summed E-state index contributed by atoms with van der Waals surface area (Å²) in [5.41, 5.74) is 2.59. The number of hydrogen-bond acceptors (Lipinski definition) is 7. The maximum Gasteiger partial charge on any atom is 0.230 e. The first-order valence-corrected chi connectivity index (χ1v) is 11.4. The minimum absolute atomic E-state index is 0.464. The van der Waals surface area contributed by atoms with Crippen LogP contribution in [0.4, 0.5) is 0 Å². The van der Waals surface area contributed by atoms with Crippen molar-refractivity contribution in [1.29, 1.82) is 0 Å². The molecular weight excluding hydrogens is 416 g/mol. The third-order valence-electron chi connectivity index (χ3n) is 5.98. The van der Waals surface area contributed by atoms with E-state index in [1.165, 1.54) is 32.3 Å². The van der Waals surface area contributed by atoms with E-state index in [4.69, 9.17) is 14.2 Å². The summed E-state index contributed by atoms with van der Waals surface area (Å²) in [6.45, 7) is 6.08. The second-order valence-electron chi connectivity index (χ2n) is 8.36. The summed E-state index contributed by atoms with van der Waals surface area (Å²) < 4.78 is 17.8. The molecule has 170 valence electrons. The Kier molecular flexibility index (Phi) is 6.21. The van der Waals surface area contributed by atoms with Crippen molar-refractivity contribution in [3.05, 3.63) is 54.5 Å². The predicted molar refractivity (Wildman–Crippen MR) is 128 cm³/mol. The Balaban J connectivity index is 1.36. The number of aromatic nitrogens is 3. The van der Waals surface area contributed by atoms with Gasteiger partial charge in [0.2, 0.25) is 5.88 Å². The van der Waals surface area contributed by atoms with Crippen molar-refractivity contribution < 1.29 is 14.2 Å². The van der Waals surface area contributed by atoms with E-state index < -0.39 is 0 Å².